The first-order valence-electron chi connectivity index (χ1n) is 9.22. The summed E-state index contributed by atoms with van der Waals surface area (Å²) in [5.41, 5.74) is 2.18. The lowest BCUT2D eigenvalue weighted by Crippen LogP contribution is -2.40. The Labute approximate surface area is 152 Å². The SMILES string of the molecule is CC1(C)O[C@@H]2[C@H](O1)[C@@H](c1c[nH]c3ccccc13)O[C@@H]2[C@H]1COC(C)(C)O1. The largest absolute Gasteiger partial charge is 0.362 e. The van der Waals surface area contributed by atoms with Crippen LogP contribution < -0.4 is 0 Å². The molecular formula is C20H25NO5. The van der Waals surface area contributed by atoms with Crippen molar-refractivity contribution in [1.29, 1.82) is 0 Å². The van der Waals surface area contributed by atoms with Gasteiger partial charge in [0.05, 0.1) is 6.61 Å². The molecule has 3 saturated heterocycles. The van der Waals surface area contributed by atoms with Crippen LogP contribution in [-0.2, 0) is 23.7 Å². The summed E-state index contributed by atoms with van der Waals surface area (Å²) in [4.78, 5) is 3.33. The van der Waals surface area contributed by atoms with Gasteiger partial charge in [-0.2, -0.15) is 0 Å². The molecule has 0 spiro atoms. The molecule has 140 valence electrons. The molecule has 1 aromatic carbocycles. The third kappa shape index (κ3) is 2.60. The van der Waals surface area contributed by atoms with Crippen molar-refractivity contribution in [3.63, 3.8) is 0 Å². The Morgan fingerprint density at radius 2 is 1.69 bits per heavy atom. The fourth-order valence-corrected chi connectivity index (χ4v) is 4.39. The van der Waals surface area contributed by atoms with E-state index in [-0.39, 0.29) is 30.5 Å². The maximum absolute atomic E-state index is 6.48. The van der Waals surface area contributed by atoms with Crippen LogP contribution in [0.2, 0.25) is 0 Å². The summed E-state index contributed by atoms with van der Waals surface area (Å²) in [6, 6.07) is 8.23. The fourth-order valence-electron chi connectivity index (χ4n) is 4.39. The van der Waals surface area contributed by atoms with Gasteiger partial charge in [-0.1, -0.05) is 18.2 Å². The molecule has 6 nitrogen and oxygen atoms in total. The second-order valence-electron chi connectivity index (χ2n) is 8.24. The minimum absolute atomic E-state index is 0.176. The summed E-state index contributed by atoms with van der Waals surface area (Å²) < 4.78 is 30.8. The highest BCUT2D eigenvalue weighted by Gasteiger charge is 2.59. The van der Waals surface area contributed by atoms with Gasteiger partial charge in [0.25, 0.3) is 0 Å². The van der Waals surface area contributed by atoms with Crippen LogP contribution in [-0.4, -0.2) is 47.6 Å². The van der Waals surface area contributed by atoms with E-state index >= 15 is 0 Å². The standard InChI is InChI=1S/C20H25NO5/c1-19(2)22-10-14(24-19)16-18-17(25-20(3,4)26-18)15(23-16)12-9-21-13-8-6-5-7-11(12)13/h5-9,14-18,21H,10H2,1-4H3/t14-,15-,16-,17-,18+/m1/s1. The monoisotopic (exact) mass is 359 g/mol. The second-order valence-corrected chi connectivity index (χ2v) is 8.24. The van der Waals surface area contributed by atoms with Crippen LogP contribution in [0.4, 0.5) is 0 Å². The zero-order chi connectivity index (χ0) is 18.1. The predicted octanol–water partition coefficient (Wildman–Crippen LogP) is 3.28. The molecule has 5 rings (SSSR count). The number of benzene rings is 1. The minimum atomic E-state index is -0.642. The van der Waals surface area contributed by atoms with E-state index in [2.05, 4.69) is 17.1 Å². The van der Waals surface area contributed by atoms with Crippen molar-refractivity contribution in [2.24, 2.45) is 0 Å². The van der Waals surface area contributed by atoms with E-state index in [0.717, 1.165) is 16.5 Å². The molecule has 4 heterocycles. The average Bonchev–Trinajstić information content (AvgIpc) is 3.29. The summed E-state index contributed by atoms with van der Waals surface area (Å²) in [5.74, 6) is -1.24. The van der Waals surface area contributed by atoms with Crippen molar-refractivity contribution in [3.05, 3.63) is 36.0 Å². The highest BCUT2D eigenvalue weighted by atomic mass is 16.8. The van der Waals surface area contributed by atoms with Crippen LogP contribution in [0.25, 0.3) is 10.9 Å². The van der Waals surface area contributed by atoms with E-state index in [1.54, 1.807) is 0 Å². The van der Waals surface area contributed by atoms with E-state index in [1.807, 2.05) is 46.0 Å². The molecule has 0 bridgehead atoms. The molecule has 0 unspecified atom stereocenters. The predicted molar refractivity (Wildman–Crippen MR) is 94.6 cm³/mol. The van der Waals surface area contributed by atoms with Crippen LogP contribution in [0, 0.1) is 0 Å². The number of H-pyrrole nitrogens is 1. The molecule has 3 aliphatic rings. The Hall–Kier alpha value is -1.44. The lowest BCUT2D eigenvalue weighted by atomic mass is 9.99. The first kappa shape index (κ1) is 16.7. The van der Waals surface area contributed by atoms with Gasteiger partial charge in [0.1, 0.15) is 30.5 Å². The number of hydrogen-bond acceptors (Lipinski definition) is 5. The summed E-state index contributed by atoms with van der Waals surface area (Å²) in [7, 11) is 0. The van der Waals surface area contributed by atoms with Gasteiger partial charge in [-0.3, -0.25) is 0 Å². The Balaban J connectivity index is 1.51. The van der Waals surface area contributed by atoms with Crippen LogP contribution in [0.3, 0.4) is 0 Å². The molecule has 0 radical (unpaired) electrons. The molecule has 6 heteroatoms. The molecule has 3 aliphatic heterocycles. The van der Waals surface area contributed by atoms with Gasteiger partial charge in [-0.05, 0) is 33.8 Å². The molecular weight excluding hydrogens is 334 g/mol. The molecule has 2 aromatic rings. The quantitative estimate of drug-likeness (QED) is 0.892. The molecule has 0 saturated carbocycles. The van der Waals surface area contributed by atoms with Gasteiger partial charge in [0.15, 0.2) is 11.6 Å². The molecule has 1 N–H and O–H groups in total. The molecule has 26 heavy (non-hydrogen) atoms. The van der Waals surface area contributed by atoms with Crippen LogP contribution in [0.1, 0.15) is 39.4 Å². The highest BCUT2D eigenvalue weighted by molar-refractivity contribution is 5.83. The first-order valence-corrected chi connectivity index (χ1v) is 9.22. The summed E-state index contributed by atoms with van der Waals surface area (Å²) in [5, 5.41) is 1.15. The normalized spacial score (nSPS) is 38.1. The van der Waals surface area contributed by atoms with Crippen molar-refractivity contribution >= 4 is 10.9 Å². The molecule has 0 aliphatic carbocycles. The van der Waals surface area contributed by atoms with Gasteiger partial charge >= 0.3 is 0 Å². The van der Waals surface area contributed by atoms with E-state index in [9.17, 15) is 0 Å². The molecule has 0 amide bonds. The van der Waals surface area contributed by atoms with E-state index in [0.29, 0.717) is 6.61 Å². The van der Waals surface area contributed by atoms with E-state index < -0.39 is 11.6 Å². The van der Waals surface area contributed by atoms with Gasteiger partial charge in [0.2, 0.25) is 0 Å². The Morgan fingerprint density at radius 1 is 0.923 bits per heavy atom. The van der Waals surface area contributed by atoms with Crippen molar-refractivity contribution in [3.8, 4) is 0 Å². The number of aromatic amines is 1. The van der Waals surface area contributed by atoms with Crippen molar-refractivity contribution < 1.29 is 23.7 Å². The Kier molecular flexibility index (Phi) is 3.56. The summed E-state index contributed by atoms with van der Waals surface area (Å²) in [6.07, 6.45) is 1.02. The summed E-state index contributed by atoms with van der Waals surface area (Å²) >= 11 is 0. The third-order valence-electron chi connectivity index (χ3n) is 5.41. The molecule has 1 aromatic heterocycles. The van der Waals surface area contributed by atoms with E-state index in [1.165, 1.54) is 0 Å². The first-order chi connectivity index (χ1) is 12.3. The maximum atomic E-state index is 6.48. The maximum Gasteiger partial charge on any atom is 0.164 e. The smallest absolute Gasteiger partial charge is 0.164 e. The van der Waals surface area contributed by atoms with Gasteiger partial charge in [-0.25, -0.2) is 0 Å². The number of aromatic nitrogens is 1. The number of hydrogen-bond donors (Lipinski definition) is 1. The van der Waals surface area contributed by atoms with Crippen LogP contribution in [0.15, 0.2) is 30.5 Å². The van der Waals surface area contributed by atoms with Crippen LogP contribution >= 0.6 is 0 Å². The number of fused-ring (bicyclic) bond motifs is 2. The Bertz CT molecular complexity index is 828. The van der Waals surface area contributed by atoms with Crippen molar-refractivity contribution in [1.82, 2.24) is 4.98 Å². The zero-order valence-electron chi connectivity index (χ0n) is 15.5. The van der Waals surface area contributed by atoms with Gasteiger partial charge < -0.3 is 28.7 Å². The topological polar surface area (TPSA) is 61.9 Å². The number of rotatable bonds is 2. The zero-order valence-corrected chi connectivity index (χ0v) is 15.5. The lowest BCUT2D eigenvalue weighted by molar-refractivity contribution is -0.207. The van der Waals surface area contributed by atoms with Crippen molar-refractivity contribution in [2.45, 2.75) is 69.8 Å². The van der Waals surface area contributed by atoms with Crippen LogP contribution in [0.5, 0.6) is 0 Å². The number of nitrogens with one attached hydrogen (secondary N) is 1. The fraction of sp³-hybridized carbons (Fsp3) is 0.600. The molecule has 5 atom stereocenters. The summed E-state index contributed by atoms with van der Waals surface area (Å²) in [6.45, 7) is 8.24. The van der Waals surface area contributed by atoms with E-state index in [4.69, 9.17) is 23.7 Å². The third-order valence-corrected chi connectivity index (χ3v) is 5.41. The van der Waals surface area contributed by atoms with Crippen molar-refractivity contribution in [2.75, 3.05) is 6.61 Å². The lowest BCUT2D eigenvalue weighted by Gasteiger charge is -2.27. The van der Waals surface area contributed by atoms with Gasteiger partial charge in [-0.15, -0.1) is 0 Å². The number of ether oxygens (including phenoxy) is 5. The molecule has 3 fully saturated rings. The second kappa shape index (κ2) is 5.53. The average molecular weight is 359 g/mol. The number of para-hydroxylation sites is 1. The van der Waals surface area contributed by atoms with Gasteiger partial charge in [0, 0.05) is 22.7 Å². The Morgan fingerprint density at radius 3 is 2.46 bits per heavy atom. The minimum Gasteiger partial charge on any atom is -0.362 e. The highest BCUT2D eigenvalue weighted by Crippen LogP contribution is 2.48.